The van der Waals surface area contributed by atoms with Crippen LogP contribution in [-0.4, -0.2) is 9.79 Å². The molecule has 2 aromatic carbocycles. The van der Waals surface area contributed by atoms with Gasteiger partial charge in [-0.2, -0.15) is 0 Å². The monoisotopic (exact) mass is 292 g/mol. The van der Waals surface area contributed by atoms with E-state index in [1.807, 2.05) is 18.2 Å². The van der Waals surface area contributed by atoms with Crippen molar-refractivity contribution in [2.75, 3.05) is 0 Å². The molecule has 3 rings (SSSR count). The zero-order chi connectivity index (χ0) is 13.4. The van der Waals surface area contributed by atoms with Crippen LogP contribution in [0.5, 0.6) is 5.75 Å². The molecule has 0 spiro atoms. The number of hydrogen-bond donors (Lipinski definition) is 2. The molecule has 96 valence electrons. The summed E-state index contributed by atoms with van der Waals surface area (Å²) < 4.78 is 6.61. The van der Waals surface area contributed by atoms with Gasteiger partial charge in [-0.25, -0.2) is 0 Å². The molecule has 0 aliphatic rings. The smallest absolute Gasteiger partial charge is 0.391 e. The summed E-state index contributed by atoms with van der Waals surface area (Å²) >= 11 is 1.52. The van der Waals surface area contributed by atoms with Gasteiger partial charge < -0.3 is 14.3 Å². The largest absolute Gasteiger partial charge is 0.427 e. The van der Waals surface area contributed by atoms with Gasteiger partial charge >= 0.3 is 8.60 Å². The highest BCUT2D eigenvalue weighted by Gasteiger charge is 2.08. The van der Waals surface area contributed by atoms with Crippen molar-refractivity contribution in [3.63, 3.8) is 0 Å². The number of hydrogen-bond acceptors (Lipinski definition) is 5. The normalized spacial score (nSPS) is 11.3. The molecule has 0 saturated carbocycles. The molecule has 0 aliphatic carbocycles. The minimum absolute atomic E-state index is 0.0741. The maximum absolute atomic E-state index is 12.4. The molecule has 0 bridgehead atoms. The lowest BCUT2D eigenvalue weighted by molar-refractivity contribution is 0.375. The third kappa shape index (κ3) is 2.33. The van der Waals surface area contributed by atoms with Gasteiger partial charge in [0.15, 0.2) is 5.43 Å². The van der Waals surface area contributed by atoms with Crippen molar-refractivity contribution in [2.45, 2.75) is 0 Å². The molecule has 3 aromatic rings. The fraction of sp³-hybridized carbons (Fsp3) is 0. The zero-order valence-corrected chi connectivity index (χ0v) is 11.3. The fourth-order valence-corrected chi connectivity index (χ4v) is 3.29. The molecule has 4 nitrogen and oxygen atoms in total. The lowest BCUT2D eigenvalue weighted by Gasteiger charge is -2.06. The maximum Gasteiger partial charge on any atom is 0.391 e. The Bertz CT molecular complexity index is 812. The molecule has 0 amide bonds. The van der Waals surface area contributed by atoms with Gasteiger partial charge in [0.25, 0.3) is 0 Å². The predicted octanol–water partition coefficient (Wildman–Crippen LogP) is 3.01. The van der Waals surface area contributed by atoms with Crippen LogP contribution in [0.15, 0.2) is 47.3 Å². The van der Waals surface area contributed by atoms with E-state index in [9.17, 15) is 4.79 Å². The van der Waals surface area contributed by atoms with E-state index in [0.717, 1.165) is 9.40 Å². The summed E-state index contributed by atoms with van der Waals surface area (Å²) in [6, 6.07) is 12.3. The van der Waals surface area contributed by atoms with Crippen molar-refractivity contribution in [1.82, 2.24) is 0 Å². The second-order valence-corrected chi connectivity index (χ2v) is 5.70. The van der Waals surface area contributed by atoms with Crippen LogP contribution in [0.1, 0.15) is 0 Å². The van der Waals surface area contributed by atoms with E-state index in [1.165, 1.54) is 11.3 Å². The predicted molar refractivity (Wildman–Crippen MR) is 77.6 cm³/mol. The molecule has 2 N–H and O–H groups in total. The van der Waals surface area contributed by atoms with E-state index in [0.29, 0.717) is 10.8 Å². The van der Waals surface area contributed by atoms with Gasteiger partial charge in [0.05, 0.1) is 0 Å². The SMILES string of the molecule is O=c1c2ccccc2sc2ccc(OP(O)O)cc12. The summed E-state index contributed by atoms with van der Waals surface area (Å²) in [5, 5.41) is 1.19. The molecule has 0 atom stereocenters. The van der Waals surface area contributed by atoms with Crippen LogP contribution >= 0.6 is 19.9 Å². The highest BCUT2D eigenvalue weighted by atomic mass is 32.1. The second kappa shape index (κ2) is 4.87. The molecule has 1 heterocycles. The lowest BCUT2D eigenvalue weighted by atomic mass is 10.2. The number of rotatable bonds is 2. The first-order valence-electron chi connectivity index (χ1n) is 5.46. The summed E-state index contributed by atoms with van der Waals surface area (Å²) in [6.07, 6.45) is 0. The van der Waals surface area contributed by atoms with E-state index in [2.05, 4.69) is 0 Å². The number of benzene rings is 2. The average Bonchev–Trinajstić information content (AvgIpc) is 2.39. The van der Waals surface area contributed by atoms with E-state index in [1.54, 1.807) is 24.3 Å². The summed E-state index contributed by atoms with van der Waals surface area (Å²) in [5.74, 6) is 0.281. The van der Waals surface area contributed by atoms with Gasteiger partial charge in [0.2, 0.25) is 0 Å². The van der Waals surface area contributed by atoms with Crippen LogP contribution in [0.3, 0.4) is 0 Å². The van der Waals surface area contributed by atoms with Crippen LogP contribution in [-0.2, 0) is 0 Å². The third-order valence-corrected chi connectivity index (χ3v) is 4.26. The highest BCUT2D eigenvalue weighted by Crippen LogP contribution is 2.32. The molecule has 19 heavy (non-hydrogen) atoms. The Labute approximate surface area is 113 Å². The van der Waals surface area contributed by atoms with Crippen LogP contribution in [0, 0.1) is 0 Å². The summed E-state index contributed by atoms with van der Waals surface area (Å²) in [6.45, 7) is 0. The van der Waals surface area contributed by atoms with Gasteiger partial charge in [0.1, 0.15) is 5.75 Å². The third-order valence-electron chi connectivity index (χ3n) is 2.73. The maximum atomic E-state index is 12.4. The highest BCUT2D eigenvalue weighted by molar-refractivity contribution is 7.39. The van der Waals surface area contributed by atoms with Gasteiger partial charge in [-0.1, -0.05) is 12.1 Å². The summed E-state index contributed by atoms with van der Waals surface area (Å²) in [4.78, 5) is 30.0. The van der Waals surface area contributed by atoms with Gasteiger partial charge in [0, 0.05) is 20.2 Å². The Hall–Kier alpha value is -1.52. The van der Waals surface area contributed by atoms with Crippen molar-refractivity contribution in [1.29, 1.82) is 0 Å². The Balaban J connectivity index is 2.30. The molecular weight excluding hydrogens is 283 g/mol. The van der Waals surface area contributed by atoms with Crippen LogP contribution in [0.25, 0.3) is 20.2 Å². The molecular formula is C13H9O4PS. The summed E-state index contributed by atoms with van der Waals surface area (Å²) in [5.41, 5.74) is -0.0741. The summed E-state index contributed by atoms with van der Waals surface area (Å²) in [7, 11) is -2.47. The van der Waals surface area contributed by atoms with E-state index in [4.69, 9.17) is 14.3 Å². The minimum Gasteiger partial charge on any atom is -0.427 e. The number of fused-ring (bicyclic) bond motifs is 2. The van der Waals surface area contributed by atoms with E-state index >= 15 is 0 Å². The van der Waals surface area contributed by atoms with Gasteiger partial charge in [-0.05, 0) is 30.3 Å². The fourth-order valence-electron chi connectivity index (χ4n) is 1.93. The van der Waals surface area contributed by atoms with E-state index < -0.39 is 8.60 Å². The van der Waals surface area contributed by atoms with Crippen LogP contribution in [0.2, 0.25) is 0 Å². The van der Waals surface area contributed by atoms with Gasteiger partial charge in [-0.15, -0.1) is 11.3 Å². The molecule has 1 aromatic heterocycles. The minimum atomic E-state index is -2.47. The molecule has 0 radical (unpaired) electrons. The topological polar surface area (TPSA) is 66.8 Å². The average molecular weight is 292 g/mol. The zero-order valence-electron chi connectivity index (χ0n) is 9.61. The van der Waals surface area contributed by atoms with Crippen LogP contribution in [0.4, 0.5) is 0 Å². The van der Waals surface area contributed by atoms with Crippen molar-refractivity contribution in [3.8, 4) is 5.75 Å². The second-order valence-electron chi connectivity index (χ2n) is 3.93. The Kier molecular flexibility index (Phi) is 3.21. The Morgan fingerprint density at radius 1 is 1.00 bits per heavy atom. The van der Waals surface area contributed by atoms with Crippen molar-refractivity contribution >= 4 is 40.1 Å². The van der Waals surface area contributed by atoms with Crippen LogP contribution < -0.4 is 9.95 Å². The lowest BCUT2D eigenvalue weighted by Crippen LogP contribution is -2.00. The Morgan fingerprint density at radius 2 is 1.74 bits per heavy atom. The first-order chi connectivity index (χ1) is 9.15. The van der Waals surface area contributed by atoms with Gasteiger partial charge in [-0.3, -0.25) is 4.79 Å². The molecule has 0 aliphatic heterocycles. The first-order valence-corrected chi connectivity index (χ1v) is 7.45. The molecule has 0 unspecified atom stereocenters. The van der Waals surface area contributed by atoms with E-state index in [-0.39, 0.29) is 11.2 Å². The van der Waals surface area contributed by atoms with Crippen molar-refractivity contribution < 1.29 is 14.3 Å². The molecule has 6 heteroatoms. The Morgan fingerprint density at radius 3 is 2.53 bits per heavy atom. The molecule has 0 fully saturated rings. The van der Waals surface area contributed by atoms with Crippen molar-refractivity contribution in [3.05, 3.63) is 52.7 Å². The van der Waals surface area contributed by atoms with Crippen molar-refractivity contribution in [2.24, 2.45) is 0 Å². The first kappa shape index (κ1) is 12.5. The quantitative estimate of drug-likeness (QED) is 0.563. The molecule has 0 saturated heterocycles. The standard InChI is InChI=1S/C13H9O4PS/c14-13-9-3-1-2-4-11(9)19-12-6-5-8(7-10(12)13)17-18(15)16/h1-7,15-16H.